The zero-order valence-corrected chi connectivity index (χ0v) is 11.3. The topological polar surface area (TPSA) is 67.4 Å². The number of hydrogen-bond donors (Lipinski definition) is 2. The van der Waals surface area contributed by atoms with Crippen molar-refractivity contribution in [3.63, 3.8) is 0 Å². The van der Waals surface area contributed by atoms with Crippen LogP contribution in [0.25, 0.3) is 0 Å². The predicted molar refractivity (Wildman–Crippen MR) is 72.6 cm³/mol. The van der Waals surface area contributed by atoms with Gasteiger partial charge in [-0.3, -0.25) is 0 Å². The standard InChI is InChI=1S/C13H14N2O3S/c1-3-6-18-12(16)10-8(2)14-13(17)15-11(10)9-5-4-7-19-9/h3-5,7,11H,1,6H2,2H3,(H2,14,15,17)/t11-/m0/s1. The first-order valence-corrected chi connectivity index (χ1v) is 6.61. The van der Waals surface area contributed by atoms with Crippen LogP contribution in [0.4, 0.5) is 4.79 Å². The smallest absolute Gasteiger partial charge is 0.338 e. The molecular weight excluding hydrogens is 264 g/mol. The van der Waals surface area contributed by atoms with Gasteiger partial charge in [0, 0.05) is 10.6 Å². The van der Waals surface area contributed by atoms with Crippen LogP contribution in [0.15, 0.2) is 41.4 Å². The third kappa shape index (κ3) is 2.85. The normalized spacial score (nSPS) is 18.6. The quantitative estimate of drug-likeness (QED) is 0.654. The molecule has 0 spiro atoms. The van der Waals surface area contributed by atoms with E-state index in [-0.39, 0.29) is 12.6 Å². The lowest BCUT2D eigenvalue weighted by Crippen LogP contribution is -2.45. The third-order valence-electron chi connectivity index (χ3n) is 2.65. The second-order valence-corrected chi connectivity index (χ2v) is 4.95. The number of ether oxygens (including phenoxy) is 1. The summed E-state index contributed by atoms with van der Waals surface area (Å²) < 4.78 is 5.06. The average molecular weight is 278 g/mol. The Balaban J connectivity index is 2.33. The number of carbonyl (C=O) groups is 2. The summed E-state index contributed by atoms with van der Waals surface area (Å²) in [5.41, 5.74) is 0.931. The highest BCUT2D eigenvalue weighted by atomic mass is 32.1. The Kier molecular flexibility index (Phi) is 4.01. The van der Waals surface area contributed by atoms with Gasteiger partial charge >= 0.3 is 12.0 Å². The molecule has 1 aromatic rings. The van der Waals surface area contributed by atoms with Crippen molar-refractivity contribution in [2.75, 3.05) is 6.61 Å². The maximum Gasteiger partial charge on any atom is 0.338 e. The zero-order chi connectivity index (χ0) is 13.8. The monoisotopic (exact) mass is 278 g/mol. The van der Waals surface area contributed by atoms with Gasteiger partial charge in [0.2, 0.25) is 0 Å². The molecule has 19 heavy (non-hydrogen) atoms. The summed E-state index contributed by atoms with van der Waals surface area (Å²) in [5.74, 6) is -0.455. The second-order valence-electron chi connectivity index (χ2n) is 3.97. The molecule has 0 aromatic carbocycles. The SMILES string of the molecule is C=CCOC(=O)C1=C(C)NC(=O)N[C@H]1c1cccs1. The first-order valence-electron chi connectivity index (χ1n) is 5.73. The molecule has 2 amide bonds. The summed E-state index contributed by atoms with van der Waals surface area (Å²) in [5, 5.41) is 7.21. The third-order valence-corrected chi connectivity index (χ3v) is 3.59. The minimum absolute atomic E-state index is 0.140. The van der Waals surface area contributed by atoms with Crippen LogP contribution in [0.5, 0.6) is 0 Å². The summed E-state index contributed by atoms with van der Waals surface area (Å²) in [6, 6.07) is 2.95. The summed E-state index contributed by atoms with van der Waals surface area (Å²) in [6.07, 6.45) is 1.50. The first-order chi connectivity index (χ1) is 9.13. The molecular formula is C13H14N2O3S. The largest absolute Gasteiger partial charge is 0.458 e. The number of allylic oxidation sites excluding steroid dienone is 1. The lowest BCUT2D eigenvalue weighted by atomic mass is 10.0. The van der Waals surface area contributed by atoms with Crippen LogP contribution < -0.4 is 10.6 Å². The molecule has 0 saturated carbocycles. The molecule has 0 aliphatic carbocycles. The van der Waals surface area contributed by atoms with Crippen molar-refractivity contribution in [1.29, 1.82) is 0 Å². The van der Waals surface area contributed by atoms with Crippen molar-refractivity contribution in [1.82, 2.24) is 10.6 Å². The highest BCUT2D eigenvalue weighted by molar-refractivity contribution is 7.10. The molecule has 1 atom stereocenters. The molecule has 2 N–H and O–H groups in total. The van der Waals surface area contributed by atoms with Gasteiger partial charge in [0.05, 0.1) is 11.6 Å². The number of rotatable bonds is 4. The molecule has 0 unspecified atom stereocenters. The van der Waals surface area contributed by atoms with E-state index in [0.29, 0.717) is 11.3 Å². The summed E-state index contributed by atoms with van der Waals surface area (Å²) in [4.78, 5) is 24.5. The molecule has 5 nitrogen and oxygen atoms in total. The number of carbonyl (C=O) groups excluding carboxylic acids is 2. The molecule has 2 heterocycles. The highest BCUT2D eigenvalue weighted by Gasteiger charge is 2.32. The number of hydrogen-bond acceptors (Lipinski definition) is 4. The van der Waals surface area contributed by atoms with Crippen LogP contribution in [-0.4, -0.2) is 18.6 Å². The summed E-state index contributed by atoms with van der Waals surface area (Å²) in [6.45, 7) is 5.33. The van der Waals surface area contributed by atoms with E-state index >= 15 is 0 Å². The number of esters is 1. The van der Waals surface area contributed by atoms with Crippen molar-refractivity contribution in [3.8, 4) is 0 Å². The highest BCUT2D eigenvalue weighted by Crippen LogP contribution is 2.30. The van der Waals surface area contributed by atoms with E-state index < -0.39 is 12.0 Å². The van der Waals surface area contributed by atoms with Crippen LogP contribution in [0.3, 0.4) is 0 Å². The lowest BCUT2D eigenvalue weighted by molar-refractivity contribution is -0.138. The van der Waals surface area contributed by atoms with E-state index in [1.807, 2.05) is 17.5 Å². The van der Waals surface area contributed by atoms with Crippen molar-refractivity contribution >= 4 is 23.3 Å². The van der Waals surface area contributed by atoms with Crippen molar-refractivity contribution in [2.24, 2.45) is 0 Å². The maximum atomic E-state index is 12.1. The number of amides is 2. The van der Waals surface area contributed by atoms with E-state index in [9.17, 15) is 9.59 Å². The fraction of sp³-hybridized carbons (Fsp3) is 0.231. The number of thiophene rings is 1. The second kappa shape index (κ2) is 5.71. The maximum absolute atomic E-state index is 12.1. The molecule has 0 bridgehead atoms. The van der Waals surface area contributed by atoms with E-state index in [1.54, 1.807) is 6.92 Å². The van der Waals surface area contributed by atoms with Crippen molar-refractivity contribution < 1.29 is 14.3 Å². The van der Waals surface area contributed by atoms with Gasteiger partial charge in [-0.25, -0.2) is 9.59 Å². The average Bonchev–Trinajstić information content (AvgIpc) is 2.88. The molecule has 1 aliphatic heterocycles. The van der Waals surface area contributed by atoms with E-state index in [4.69, 9.17) is 4.74 Å². The minimum atomic E-state index is -0.467. The Bertz CT molecular complexity index is 534. The fourth-order valence-corrected chi connectivity index (χ4v) is 2.63. The van der Waals surface area contributed by atoms with Crippen molar-refractivity contribution in [3.05, 3.63) is 46.3 Å². The molecule has 2 rings (SSSR count). The molecule has 1 aliphatic rings. The number of urea groups is 1. The van der Waals surface area contributed by atoms with Gasteiger partial charge in [0.1, 0.15) is 6.61 Å². The van der Waals surface area contributed by atoms with Crippen LogP contribution in [0.2, 0.25) is 0 Å². The van der Waals surface area contributed by atoms with E-state index in [1.165, 1.54) is 17.4 Å². The number of nitrogens with one attached hydrogen (secondary N) is 2. The van der Waals surface area contributed by atoms with Gasteiger partial charge < -0.3 is 15.4 Å². The first kappa shape index (κ1) is 13.4. The van der Waals surface area contributed by atoms with Crippen LogP contribution >= 0.6 is 11.3 Å². The summed E-state index contributed by atoms with van der Waals surface area (Å²) >= 11 is 1.47. The Morgan fingerprint density at radius 2 is 2.42 bits per heavy atom. The Labute approximate surface area is 115 Å². The molecule has 1 aromatic heterocycles. The van der Waals surface area contributed by atoms with Gasteiger partial charge in [0.15, 0.2) is 0 Å². The van der Waals surface area contributed by atoms with Crippen LogP contribution in [0.1, 0.15) is 17.8 Å². The van der Waals surface area contributed by atoms with Gasteiger partial charge in [0.25, 0.3) is 0 Å². The Morgan fingerprint density at radius 1 is 1.63 bits per heavy atom. The molecule has 0 saturated heterocycles. The molecule has 0 radical (unpaired) electrons. The van der Waals surface area contributed by atoms with Crippen LogP contribution in [-0.2, 0) is 9.53 Å². The van der Waals surface area contributed by atoms with Gasteiger partial charge in [-0.2, -0.15) is 0 Å². The molecule has 0 fully saturated rings. The zero-order valence-electron chi connectivity index (χ0n) is 10.4. The fourth-order valence-electron chi connectivity index (χ4n) is 1.85. The summed E-state index contributed by atoms with van der Waals surface area (Å²) in [7, 11) is 0. The molecule has 6 heteroatoms. The predicted octanol–water partition coefficient (Wildman–Crippen LogP) is 2.11. The van der Waals surface area contributed by atoms with Crippen molar-refractivity contribution in [2.45, 2.75) is 13.0 Å². The lowest BCUT2D eigenvalue weighted by Gasteiger charge is -2.26. The van der Waals surface area contributed by atoms with Gasteiger partial charge in [-0.15, -0.1) is 11.3 Å². The molecule has 100 valence electrons. The van der Waals surface area contributed by atoms with Gasteiger partial charge in [-0.05, 0) is 18.4 Å². The van der Waals surface area contributed by atoms with Gasteiger partial charge in [-0.1, -0.05) is 18.7 Å². The minimum Gasteiger partial charge on any atom is -0.458 e. The van der Waals surface area contributed by atoms with E-state index in [0.717, 1.165) is 4.88 Å². The van der Waals surface area contributed by atoms with Crippen LogP contribution in [0, 0.1) is 0 Å². The Hall–Kier alpha value is -2.08. The van der Waals surface area contributed by atoms with E-state index in [2.05, 4.69) is 17.2 Å². The Morgan fingerprint density at radius 3 is 3.05 bits per heavy atom.